The van der Waals surface area contributed by atoms with Gasteiger partial charge in [-0.05, 0) is 33.1 Å². The van der Waals surface area contributed by atoms with Crippen molar-refractivity contribution < 1.29 is 10.2 Å². The van der Waals surface area contributed by atoms with E-state index in [2.05, 4.69) is 23.8 Å². The summed E-state index contributed by atoms with van der Waals surface area (Å²) in [7, 11) is 2.10. The van der Waals surface area contributed by atoms with Gasteiger partial charge in [0, 0.05) is 13.1 Å². The van der Waals surface area contributed by atoms with Gasteiger partial charge in [0.05, 0.1) is 13.2 Å². The molecule has 0 unspecified atom stereocenters. The molecule has 0 aliphatic rings. The van der Waals surface area contributed by atoms with E-state index < -0.39 is 0 Å². The monoisotopic (exact) mass is 234 g/mol. The Bertz CT molecular complexity index is 118. The molecular weight excluding hydrogens is 204 g/mol. The Morgan fingerprint density at radius 1 is 0.875 bits per heavy atom. The molecule has 0 spiro atoms. The molecule has 0 radical (unpaired) electrons. The molecule has 0 heterocycles. The van der Waals surface area contributed by atoms with Crippen molar-refractivity contribution in [2.24, 2.45) is 0 Å². The molecule has 2 N–H and O–H groups in total. The zero-order valence-electron chi connectivity index (χ0n) is 11.4. The van der Waals surface area contributed by atoms with Gasteiger partial charge in [-0.1, -0.05) is 20.8 Å². The molecule has 0 bridgehead atoms. The van der Waals surface area contributed by atoms with Gasteiger partial charge in [-0.2, -0.15) is 0 Å². The standard InChI is InChI=1S/C10H24N2O2.C2H6/c1-3-11(2)5-4-6-12(7-9-13)8-10-14;1-2/h13-14H,3-10H2,1-2H3;1-2H3. The van der Waals surface area contributed by atoms with Crippen LogP contribution >= 0.6 is 0 Å². The van der Waals surface area contributed by atoms with Crippen LogP contribution in [0.25, 0.3) is 0 Å². The summed E-state index contributed by atoms with van der Waals surface area (Å²) < 4.78 is 0. The second kappa shape index (κ2) is 14.8. The van der Waals surface area contributed by atoms with Crippen LogP contribution in [0.5, 0.6) is 0 Å². The van der Waals surface area contributed by atoms with Crippen LogP contribution in [-0.2, 0) is 0 Å². The third kappa shape index (κ3) is 11.9. The van der Waals surface area contributed by atoms with Crippen molar-refractivity contribution in [2.75, 3.05) is 53.0 Å². The van der Waals surface area contributed by atoms with Crippen LogP contribution < -0.4 is 0 Å². The molecule has 0 rings (SSSR count). The molecule has 0 aromatic rings. The summed E-state index contributed by atoms with van der Waals surface area (Å²) in [5.74, 6) is 0. The highest BCUT2D eigenvalue weighted by atomic mass is 16.3. The highest BCUT2D eigenvalue weighted by molar-refractivity contribution is 4.58. The molecule has 0 fully saturated rings. The normalized spacial score (nSPS) is 10.5. The minimum Gasteiger partial charge on any atom is -0.395 e. The van der Waals surface area contributed by atoms with Crippen molar-refractivity contribution in [3.8, 4) is 0 Å². The molecule has 0 saturated heterocycles. The minimum absolute atomic E-state index is 0.170. The molecule has 0 aliphatic heterocycles. The molecule has 0 saturated carbocycles. The summed E-state index contributed by atoms with van der Waals surface area (Å²) in [5, 5.41) is 17.6. The van der Waals surface area contributed by atoms with E-state index in [1.54, 1.807) is 0 Å². The maximum Gasteiger partial charge on any atom is 0.0558 e. The fourth-order valence-corrected chi connectivity index (χ4v) is 1.34. The lowest BCUT2D eigenvalue weighted by Crippen LogP contribution is -2.32. The van der Waals surface area contributed by atoms with E-state index in [0.29, 0.717) is 13.1 Å². The second-order valence-electron chi connectivity index (χ2n) is 3.54. The molecule has 4 heteroatoms. The first-order chi connectivity index (χ1) is 7.74. The molecule has 0 amide bonds. The first kappa shape index (κ1) is 18.2. The quantitative estimate of drug-likeness (QED) is 0.615. The van der Waals surface area contributed by atoms with Crippen molar-refractivity contribution in [1.29, 1.82) is 0 Å². The van der Waals surface area contributed by atoms with E-state index in [-0.39, 0.29) is 13.2 Å². The average Bonchev–Trinajstić information content (AvgIpc) is 2.32. The summed E-state index contributed by atoms with van der Waals surface area (Å²) in [4.78, 5) is 4.35. The Kier molecular flexibility index (Phi) is 16.9. The number of hydrogen-bond donors (Lipinski definition) is 2. The lowest BCUT2D eigenvalue weighted by molar-refractivity contribution is 0.156. The SMILES string of the molecule is CC.CCN(C)CCCN(CCO)CCO. The van der Waals surface area contributed by atoms with Gasteiger partial charge in [0.1, 0.15) is 0 Å². The van der Waals surface area contributed by atoms with Crippen molar-refractivity contribution >= 4 is 0 Å². The number of aliphatic hydroxyl groups is 2. The second-order valence-corrected chi connectivity index (χ2v) is 3.54. The number of rotatable bonds is 9. The molecular formula is C12H30N2O2. The van der Waals surface area contributed by atoms with Crippen LogP contribution in [0.2, 0.25) is 0 Å². The Morgan fingerprint density at radius 2 is 1.38 bits per heavy atom. The topological polar surface area (TPSA) is 46.9 Å². The third-order valence-corrected chi connectivity index (χ3v) is 2.39. The third-order valence-electron chi connectivity index (χ3n) is 2.39. The zero-order chi connectivity index (χ0) is 12.8. The Balaban J connectivity index is 0. The van der Waals surface area contributed by atoms with Gasteiger partial charge >= 0.3 is 0 Å². The predicted octanol–water partition coefficient (Wildman–Crippen LogP) is 0.641. The van der Waals surface area contributed by atoms with E-state index >= 15 is 0 Å². The molecule has 0 atom stereocenters. The fourth-order valence-electron chi connectivity index (χ4n) is 1.34. The first-order valence-corrected chi connectivity index (χ1v) is 6.37. The van der Waals surface area contributed by atoms with E-state index in [4.69, 9.17) is 10.2 Å². The summed E-state index contributed by atoms with van der Waals surface area (Å²) in [6.45, 7) is 10.9. The van der Waals surface area contributed by atoms with Gasteiger partial charge in [-0.3, -0.25) is 4.90 Å². The highest BCUT2D eigenvalue weighted by Crippen LogP contribution is 1.93. The highest BCUT2D eigenvalue weighted by Gasteiger charge is 2.03. The molecule has 0 aromatic heterocycles. The summed E-state index contributed by atoms with van der Waals surface area (Å²) in [6, 6.07) is 0. The maximum atomic E-state index is 8.78. The number of hydrogen-bond acceptors (Lipinski definition) is 4. The van der Waals surface area contributed by atoms with Crippen LogP contribution in [0.4, 0.5) is 0 Å². The van der Waals surface area contributed by atoms with Gasteiger partial charge in [0.2, 0.25) is 0 Å². The molecule has 16 heavy (non-hydrogen) atoms. The van der Waals surface area contributed by atoms with Crippen molar-refractivity contribution in [1.82, 2.24) is 9.80 Å². The van der Waals surface area contributed by atoms with Crippen molar-refractivity contribution in [2.45, 2.75) is 27.2 Å². The van der Waals surface area contributed by atoms with Crippen LogP contribution in [-0.4, -0.2) is 73.0 Å². The summed E-state index contributed by atoms with van der Waals surface area (Å²) in [5.41, 5.74) is 0. The predicted molar refractivity (Wildman–Crippen MR) is 69.7 cm³/mol. The van der Waals surface area contributed by atoms with Crippen molar-refractivity contribution in [3.63, 3.8) is 0 Å². The first-order valence-electron chi connectivity index (χ1n) is 6.37. The Labute approximate surface area is 101 Å². The number of aliphatic hydroxyl groups excluding tert-OH is 2. The molecule has 0 aromatic carbocycles. The van der Waals surface area contributed by atoms with E-state index in [1.807, 2.05) is 13.8 Å². The van der Waals surface area contributed by atoms with Crippen LogP contribution in [0.1, 0.15) is 27.2 Å². The minimum atomic E-state index is 0.170. The molecule has 4 nitrogen and oxygen atoms in total. The van der Waals surface area contributed by atoms with Crippen LogP contribution in [0.3, 0.4) is 0 Å². The van der Waals surface area contributed by atoms with E-state index in [9.17, 15) is 0 Å². The molecule has 100 valence electrons. The van der Waals surface area contributed by atoms with Gasteiger partial charge in [0.25, 0.3) is 0 Å². The Morgan fingerprint density at radius 3 is 1.75 bits per heavy atom. The zero-order valence-corrected chi connectivity index (χ0v) is 11.4. The van der Waals surface area contributed by atoms with Crippen molar-refractivity contribution in [3.05, 3.63) is 0 Å². The smallest absolute Gasteiger partial charge is 0.0558 e. The van der Waals surface area contributed by atoms with Crippen LogP contribution in [0, 0.1) is 0 Å². The van der Waals surface area contributed by atoms with Crippen LogP contribution in [0.15, 0.2) is 0 Å². The lowest BCUT2D eigenvalue weighted by Gasteiger charge is -2.21. The fraction of sp³-hybridized carbons (Fsp3) is 1.00. The lowest BCUT2D eigenvalue weighted by atomic mass is 10.3. The summed E-state index contributed by atoms with van der Waals surface area (Å²) >= 11 is 0. The van der Waals surface area contributed by atoms with Gasteiger partial charge in [0.15, 0.2) is 0 Å². The molecule has 0 aliphatic carbocycles. The largest absolute Gasteiger partial charge is 0.395 e. The van der Waals surface area contributed by atoms with Gasteiger partial charge < -0.3 is 15.1 Å². The maximum absolute atomic E-state index is 8.78. The van der Waals surface area contributed by atoms with E-state index in [1.165, 1.54) is 0 Å². The number of nitrogens with zero attached hydrogens (tertiary/aromatic N) is 2. The van der Waals surface area contributed by atoms with Gasteiger partial charge in [-0.15, -0.1) is 0 Å². The average molecular weight is 234 g/mol. The van der Waals surface area contributed by atoms with Gasteiger partial charge in [-0.25, -0.2) is 0 Å². The van der Waals surface area contributed by atoms with E-state index in [0.717, 1.165) is 26.1 Å². The Hall–Kier alpha value is -0.160. The summed E-state index contributed by atoms with van der Waals surface area (Å²) in [6.07, 6.45) is 1.09.